The van der Waals surface area contributed by atoms with E-state index in [1.54, 1.807) is 36.8 Å². The molecule has 0 saturated heterocycles. The molecule has 1 aromatic carbocycles. The lowest BCUT2D eigenvalue weighted by Gasteiger charge is -2.11. The minimum atomic E-state index is -0.426. The number of aromatic nitrogens is 2. The van der Waals surface area contributed by atoms with Crippen LogP contribution in [0.4, 0.5) is 0 Å². The molecule has 1 N–H and O–H groups in total. The molecule has 0 aliphatic carbocycles. The van der Waals surface area contributed by atoms with Crippen LogP contribution < -0.4 is 15.7 Å². The first-order valence-electron chi connectivity index (χ1n) is 8.43. The van der Waals surface area contributed by atoms with E-state index in [-0.39, 0.29) is 12.5 Å². The van der Waals surface area contributed by atoms with Crippen molar-refractivity contribution in [1.29, 1.82) is 0 Å². The van der Waals surface area contributed by atoms with Gasteiger partial charge >= 0.3 is 5.63 Å². The maximum absolute atomic E-state index is 12.0. The Bertz CT molecular complexity index is 959. The van der Waals surface area contributed by atoms with Gasteiger partial charge in [-0.05, 0) is 24.1 Å². The Hall–Kier alpha value is -3.09. The van der Waals surface area contributed by atoms with Crippen molar-refractivity contribution in [2.24, 2.45) is 5.92 Å². The third kappa shape index (κ3) is 4.50. The highest BCUT2D eigenvalue weighted by atomic mass is 16.5. The quantitative estimate of drug-likeness (QED) is 0.658. The zero-order valence-electron chi connectivity index (χ0n) is 14.8. The Morgan fingerprint density at radius 1 is 1.31 bits per heavy atom. The number of benzene rings is 1. The van der Waals surface area contributed by atoms with Gasteiger partial charge in [-0.25, -0.2) is 9.78 Å². The topological polar surface area (TPSA) is 86.4 Å². The zero-order valence-corrected chi connectivity index (χ0v) is 14.8. The number of carbonyl (C=O) groups is 1. The number of hydrogen-bond donors (Lipinski definition) is 1. The number of ether oxygens (including phenoxy) is 1. The van der Waals surface area contributed by atoms with Crippen molar-refractivity contribution in [2.75, 3.05) is 6.61 Å². The van der Waals surface area contributed by atoms with Crippen LogP contribution in [0.1, 0.15) is 19.5 Å². The van der Waals surface area contributed by atoms with Gasteiger partial charge in [0.15, 0.2) is 6.61 Å². The second kappa shape index (κ2) is 7.86. The number of hydrogen-bond acceptors (Lipinski definition) is 5. The molecule has 136 valence electrons. The van der Waals surface area contributed by atoms with Crippen molar-refractivity contribution in [3.63, 3.8) is 0 Å². The minimum Gasteiger partial charge on any atom is -0.484 e. The molecule has 3 aromatic rings. The monoisotopic (exact) mass is 355 g/mol. The summed E-state index contributed by atoms with van der Waals surface area (Å²) in [5, 5.41) is 3.61. The van der Waals surface area contributed by atoms with E-state index in [9.17, 15) is 9.59 Å². The molecular formula is C19H21N3O4. The molecule has 0 aliphatic heterocycles. The summed E-state index contributed by atoms with van der Waals surface area (Å²) < 4.78 is 12.6. The number of carbonyl (C=O) groups excluding carboxylic acids is 1. The van der Waals surface area contributed by atoms with Crippen molar-refractivity contribution in [3.8, 4) is 5.75 Å². The summed E-state index contributed by atoms with van der Waals surface area (Å²) in [5.41, 5.74) is 0.943. The molecule has 0 fully saturated rings. The molecule has 1 amide bonds. The molecule has 7 nitrogen and oxygen atoms in total. The maximum Gasteiger partial charge on any atom is 0.336 e. The lowest BCUT2D eigenvalue weighted by molar-refractivity contribution is -0.123. The fraction of sp³-hybridized carbons (Fsp3) is 0.316. The van der Waals surface area contributed by atoms with Crippen molar-refractivity contribution in [1.82, 2.24) is 14.9 Å². The first kappa shape index (κ1) is 17.7. The summed E-state index contributed by atoms with van der Waals surface area (Å²) in [4.78, 5) is 27.4. The summed E-state index contributed by atoms with van der Waals surface area (Å²) in [5.74, 6) is 0.721. The summed E-state index contributed by atoms with van der Waals surface area (Å²) in [6.07, 6.45) is 3.51. The van der Waals surface area contributed by atoms with Gasteiger partial charge in [0, 0.05) is 30.3 Å². The highest BCUT2D eigenvalue weighted by molar-refractivity contribution is 5.79. The molecule has 0 saturated carbocycles. The second-order valence-corrected chi connectivity index (χ2v) is 6.45. The van der Waals surface area contributed by atoms with Crippen molar-refractivity contribution >= 4 is 16.9 Å². The second-order valence-electron chi connectivity index (χ2n) is 6.45. The van der Waals surface area contributed by atoms with E-state index in [0.29, 0.717) is 23.8 Å². The van der Waals surface area contributed by atoms with Crippen LogP contribution in [0.3, 0.4) is 0 Å². The van der Waals surface area contributed by atoms with E-state index in [2.05, 4.69) is 24.1 Å². The van der Waals surface area contributed by atoms with E-state index in [1.807, 2.05) is 4.57 Å². The predicted molar refractivity (Wildman–Crippen MR) is 96.9 cm³/mol. The van der Waals surface area contributed by atoms with E-state index >= 15 is 0 Å². The minimum absolute atomic E-state index is 0.124. The Balaban J connectivity index is 1.54. The summed E-state index contributed by atoms with van der Waals surface area (Å²) in [6.45, 7) is 5.37. The van der Waals surface area contributed by atoms with Crippen LogP contribution in [0.15, 0.2) is 52.1 Å². The molecule has 0 unspecified atom stereocenters. The normalized spacial score (nSPS) is 11.0. The average Bonchev–Trinajstić information content (AvgIpc) is 3.04. The van der Waals surface area contributed by atoms with Gasteiger partial charge in [-0.1, -0.05) is 13.8 Å². The highest BCUT2D eigenvalue weighted by Crippen LogP contribution is 2.19. The molecule has 2 aromatic heterocycles. The number of fused-ring (bicyclic) bond motifs is 1. The number of imidazole rings is 1. The van der Waals surface area contributed by atoms with E-state index in [0.717, 1.165) is 17.6 Å². The molecule has 0 bridgehead atoms. The zero-order chi connectivity index (χ0) is 18.5. The van der Waals surface area contributed by atoms with Gasteiger partial charge in [-0.15, -0.1) is 0 Å². The standard InChI is InChI=1S/C19H21N3O4/c1-13(2)10-22-12-20-8-15(22)9-21-18(23)11-25-16-5-3-14-4-6-19(24)26-17(14)7-16/h3-8,12-13H,9-11H2,1-2H3,(H,21,23). The lowest BCUT2D eigenvalue weighted by atomic mass is 10.2. The highest BCUT2D eigenvalue weighted by Gasteiger charge is 2.08. The first-order valence-corrected chi connectivity index (χ1v) is 8.43. The van der Waals surface area contributed by atoms with Gasteiger partial charge in [0.25, 0.3) is 5.91 Å². The molecule has 7 heteroatoms. The van der Waals surface area contributed by atoms with Crippen LogP contribution in [-0.4, -0.2) is 22.1 Å². The predicted octanol–water partition coefficient (Wildman–Crippen LogP) is 2.34. The van der Waals surface area contributed by atoms with Gasteiger partial charge < -0.3 is 19.0 Å². The van der Waals surface area contributed by atoms with Crippen LogP contribution in [0.25, 0.3) is 11.0 Å². The molecule has 0 radical (unpaired) electrons. The third-order valence-electron chi connectivity index (χ3n) is 3.79. The summed E-state index contributed by atoms with van der Waals surface area (Å²) in [7, 11) is 0. The van der Waals surface area contributed by atoms with Gasteiger partial charge in [0.1, 0.15) is 11.3 Å². The van der Waals surface area contributed by atoms with Gasteiger partial charge in [0.2, 0.25) is 0 Å². The van der Waals surface area contributed by atoms with E-state index in [4.69, 9.17) is 9.15 Å². The molecule has 26 heavy (non-hydrogen) atoms. The third-order valence-corrected chi connectivity index (χ3v) is 3.79. The van der Waals surface area contributed by atoms with E-state index < -0.39 is 5.63 Å². The lowest BCUT2D eigenvalue weighted by Crippen LogP contribution is -2.29. The largest absolute Gasteiger partial charge is 0.484 e. The number of rotatable bonds is 7. The Kier molecular flexibility index (Phi) is 5.36. The van der Waals surface area contributed by atoms with Crippen molar-refractivity contribution in [2.45, 2.75) is 26.9 Å². The van der Waals surface area contributed by atoms with Crippen molar-refractivity contribution < 1.29 is 13.9 Å². The SMILES string of the molecule is CC(C)Cn1cncc1CNC(=O)COc1ccc2ccc(=O)oc2c1. The number of amides is 1. The molecule has 2 heterocycles. The van der Waals surface area contributed by atoms with Gasteiger partial charge in [-0.2, -0.15) is 0 Å². The molecule has 3 rings (SSSR count). The Morgan fingerprint density at radius 2 is 2.12 bits per heavy atom. The first-order chi connectivity index (χ1) is 12.5. The van der Waals surface area contributed by atoms with Crippen LogP contribution in [0.5, 0.6) is 5.75 Å². The maximum atomic E-state index is 12.0. The smallest absolute Gasteiger partial charge is 0.336 e. The van der Waals surface area contributed by atoms with Gasteiger partial charge in [-0.3, -0.25) is 4.79 Å². The van der Waals surface area contributed by atoms with Crippen molar-refractivity contribution in [3.05, 3.63) is 59.0 Å². The van der Waals surface area contributed by atoms with Crippen LogP contribution in [0.2, 0.25) is 0 Å². The number of nitrogens with zero attached hydrogens (tertiary/aromatic N) is 2. The molecule has 0 atom stereocenters. The van der Waals surface area contributed by atoms with Crippen LogP contribution in [0, 0.1) is 5.92 Å². The van der Waals surface area contributed by atoms with E-state index in [1.165, 1.54) is 6.07 Å². The number of nitrogens with one attached hydrogen (secondary N) is 1. The molecule has 0 spiro atoms. The van der Waals surface area contributed by atoms with Gasteiger partial charge in [0.05, 0.1) is 18.6 Å². The Labute approximate surface area is 150 Å². The average molecular weight is 355 g/mol. The summed E-state index contributed by atoms with van der Waals surface area (Å²) >= 11 is 0. The van der Waals surface area contributed by atoms with Crippen LogP contribution >= 0.6 is 0 Å². The fourth-order valence-corrected chi connectivity index (χ4v) is 2.57. The summed E-state index contributed by atoms with van der Waals surface area (Å²) in [6, 6.07) is 8.14. The van der Waals surface area contributed by atoms with Crippen LogP contribution in [-0.2, 0) is 17.9 Å². The molecule has 0 aliphatic rings. The molecular weight excluding hydrogens is 334 g/mol. The fourth-order valence-electron chi connectivity index (χ4n) is 2.57. The Morgan fingerprint density at radius 3 is 2.92 bits per heavy atom.